The third-order valence-electron chi connectivity index (χ3n) is 3.18. The Labute approximate surface area is 124 Å². The summed E-state index contributed by atoms with van der Waals surface area (Å²) in [7, 11) is 0. The van der Waals surface area contributed by atoms with Crippen LogP contribution in [0.3, 0.4) is 0 Å². The molecule has 0 spiro atoms. The van der Waals surface area contributed by atoms with Crippen molar-refractivity contribution < 1.29 is 4.39 Å². The van der Waals surface area contributed by atoms with Crippen LogP contribution in [-0.2, 0) is 18.4 Å². The van der Waals surface area contributed by atoms with E-state index >= 15 is 0 Å². The van der Waals surface area contributed by atoms with Crippen LogP contribution in [0.15, 0.2) is 36.4 Å². The van der Waals surface area contributed by atoms with Gasteiger partial charge in [0.1, 0.15) is 5.82 Å². The smallest absolute Gasteiger partial charge is 0.123 e. The lowest BCUT2D eigenvalue weighted by Crippen LogP contribution is -2.16. The maximum absolute atomic E-state index is 13.0. The van der Waals surface area contributed by atoms with E-state index in [9.17, 15) is 4.39 Å². The van der Waals surface area contributed by atoms with Crippen molar-refractivity contribution in [3.05, 3.63) is 57.5 Å². The molecule has 0 saturated heterocycles. The molecule has 0 bridgehead atoms. The van der Waals surface area contributed by atoms with Crippen molar-refractivity contribution >= 4 is 11.3 Å². The zero-order valence-electron chi connectivity index (χ0n) is 12.4. The van der Waals surface area contributed by atoms with Crippen LogP contribution in [0, 0.1) is 5.82 Å². The van der Waals surface area contributed by atoms with Crippen LogP contribution in [0.2, 0.25) is 0 Å². The molecule has 0 radical (unpaired) electrons. The Hall–Kier alpha value is -1.19. The summed E-state index contributed by atoms with van der Waals surface area (Å²) in [5, 5.41) is 3.42. The fourth-order valence-electron chi connectivity index (χ4n) is 2.01. The van der Waals surface area contributed by atoms with Crippen LogP contribution in [0.1, 0.15) is 36.1 Å². The normalized spacial score (nSPS) is 11.8. The van der Waals surface area contributed by atoms with Gasteiger partial charge < -0.3 is 5.32 Å². The maximum Gasteiger partial charge on any atom is 0.123 e. The molecule has 1 N–H and O–H groups in total. The number of hydrogen-bond acceptors (Lipinski definition) is 2. The van der Waals surface area contributed by atoms with Crippen LogP contribution in [0.5, 0.6) is 0 Å². The second-order valence-corrected chi connectivity index (χ2v) is 7.24. The van der Waals surface area contributed by atoms with Crippen LogP contribution >= 0.6 is 11.3 Å². The molecule has 1 nitrogen and oxygen atoms in total. The van der Waals surface area contributed by atoms with Gasteiger partial charge in [-0.05, 0) is 48.2 Å². The third-order valence-corrected chi connectivity index (χ3v) is 4.69. The van der Waals surface area contributed by atoms with Crippen LogP contribution in [0.4, 0.5) is 4.39 Å². The SMILES string of the molecule is CC(C)(C)c1ccc(CNCCc2cccc(F)c2)s1. The van der Waals surface area contributed by atoms with E-state index in [1.165, 1.54) is 15.8 Å². The molecule has 0 unspecified atom stereocenters. The Morgan fingerprint density at radius 3 is 2.60 bits per heavy atom. The first-order valence-corrected chi connectivity index (χ1v) is 7.81. The molecule has 108 valence electrons. The quantitative estimate of drug-likeness (QED) is 0.799. The van der Waals surface area contributed by atoms with Crippen molar-refractivity contribution in [2.24, 2.45) is 0 Å². The van der Waals surface area contributed by atoms with E-state index in [2.05, 4.69) is 38.2 Å². The first-order valence-electron chi connectivity index (χ1n) is 6.99. The van der Waals surface area contributed by atoms with Crippen LogP contribution < -0.4 is 5.32 Å². The monoisotopic (exact) mass is 291 g/mol. The van der Waals surface area contributed by atoms with Gasteiger partial charge in [0.2, 0.25) is 0 Å². The third kappa shape index (κ3) is 4.43. The highest BCUT2D eigenvalue weighted by Crippen LogP contribution is 2.29. The van der Waals surface area contributed by atoms with E-state index in [1.807, 2.05) is 17.4 Å². The number of rotatable bonds is 5. The van der Waals surface area contributed by atoms with E-state index in [4.69, 9.17) is 0 Å². The fourth-order valence-corrected chi connectivity index (χ4v) is 3.05. The molecule has 0 fully saturated rings. The Kier molecular flexibility index (Phi) is 4.95. The van der Waals surface area contributed by atoms with Crippen LogP contribution in [0.25, 0.3) is 0 Å². The lowest BCUT2D eigenvalue weighted by atomic mass is 9.95. The molecular weight excluding hydrogens is 269 g/mol. The second-order valence-electron chi connectivity index (χ2n) is 6.07. The van der Waals surface area contributed by atoms with E-state index in [0.717, 1.165) is 25.1 Å². The van der Waals surface area contributed by atoms with Gasteiger partial charge in [0, 0.05) is 16.3 Å². The summed E-state index contributed by atoms with van der Waals surface area (Å²) in [6.07, 6.45) is 0.856. The lowest BCUT2D eigenvalue weighted by Gasteiger charge is -2.15. The van der Waals surface area contributed by atoms with Gasteiger partial charge >= 0.3 is 0 Å². The number of halogens is 1. The maximum atomic E-state index is 13.0. The molecule has 2 rings (SSSR count). The van der Waals surface area contributed by atoms with Crippen LogP contribution in [-0.4, -0.2) is 6.54 Å². The van der Waals surface area contributed by atoms with E-state index in [-0.39, 0.29) is 11.2 Å². The molecule has 0 aliphatic rings. The van der Waals surface area contributed by atoms with E-state index < -0.39 is 0 Å². The van der Waals surface area contributed by atoms with Gasteiger partial charge in [-0.2, -0.15) is 0 Å². The Morgan fingerprint density at radius 2 is 1.95 bits per heavy atom. The van der Waals surface area contributed by atoms with Crippen molar-refractivity contribution in [2.75, 3.05) is 6.54 Å². The zero-order chi connectivity index (χ0) is 14.6. The highest BCUT2D eigenvalue weighted by Gasteiger charge is 2.15. The Morgan fingerprint density at radius 1 is 1.15 bits per heavy atom. The summed E-state index contributed by atoms with van der Waals surface area (Å²) >= 11 is 1.87. The molecule has 2 aromatic rings. The number of nitrogens with one attached hydrogen (secondary N) is 1. The molecular formula is C17H22FNS. The summed E-state index contributed by atoms with van der Waals surface area (Å²) in [5.74, 6) is -0.157. The second kappa shape index (κ2) is 6.51. The van der Waals surface area contributed by atoms with Gasteiger partial charge in [0.05, 0.1) is 0 Å². The molecule has 3 heteroatoms. The predicted octanol–water partition coefficient (Wildman–Crippen LogP) is 4.52. The summed E-state index contributed by atoms with van der Waals surface area (Å²) in [6, 6.07) is 11.2. The van der Waals surface area contributed by atoms with E-state index in [0.29, 0.717) is 0 Å². The highest BCUT2D eigenvalue weighted by atomic mass is 32.1. The van der Waals surface area contributed by atoms with Gasteiger partial charge in [0.15, 0.2) is 0 Å². The molecule has 20 heavy (non-hydrogen) atoms. The minimum atomic E-state index is -0.157. The van der Waals surface area contributed by atoms with Crippen molar-refractivity contribution in [3.8, 4) is 0 Å². The molecule has 1 aromatic carbocycles. The summed E-state index contributed by atoms with van der Waals surface area (Å²) in [4.78, 5) is 2.77. The minimum absolute atomic E-state index is 0.157. The Bertz CT molecular complexity index is 554. The van der Waals surface area contributed by atoms with Crippen molar-refractivity contribution in [1.29, 1.82) is 0 Å². The molecule has 0 amide bonds. The first-order chi connectivity index (χ1) is 9.45. The standard InChI is InChI=1S/C17H22FNS/c1-17(2,3)16-8-7-15(20-16)12-19-10-9-13-5-4-6-14(18)11-13/h4-8,11,19H,9-10,12H2,1-3H3. The molecule has 0 saturated carbocycles. The molecule has 1 aromatic heterocycles. The number of hydrogen-bond donors (Lipinski definition) is 1. The van der Waals surface area contributed by atoms with Crippen molar-refractivity contribution in [1.82, 2.24) is 5.32 Å². The molecule has 0 aliphatic carbocycles. The van der Waals surface area contributed by atoms with Gasteiger partial charge in [-0.3, -0.25) is 0 Å². The van der Waals surface area contributed by atoms with Crippen molar-refractivity contribution in [3.63, 3.8) is 0 Å². The van der Waals surface area contributed by atoms with Crippen molar-refractivity contribution in [2.45, 2.75) is 39.2 Å². The van der Waals surface area contributed by atoms with E-state index in [1.54, 1.807) is 12.1 Å². The average molecular weight is 291 g/mol. The lowest BCUT2D eigenvalue weighted by molar-refractivity contribution is 0.604. The highest BCUT2D eigenvalue weighted by molar-refractivity contribution is 7.12. The largest absolute Gasteiger partial charge is 0.312 e. The van der Waals surface area contributed by atoms with Gasteiger partial charge in [-0.15, -0.1) is 11.3 Å². The predicted molar refractivity (Wildman–Crippen MR) is 84.8 cm³/mol. The van der Waals surface area contributed by atoms with Gasteiger partial charge in [0.25, 0.3) is 0 Å². The molecule has 0 atom stereocenters. The fraction of sp³-hybridized carbons (Fsp3) is 0.412. The summed E-state index contributed by atoms with van der Waals surface area (Å²) < 4.78 is 13.0. The molecule has 1 heterocycles. The number of thiophene rings is 1. The topological polar surface area (TPSA) is 12.0 Å². The van der Waals surface area contributed by atoms with Gasteiger partial charge in [-0.1, -0.05) is 32.9 Å². The summed E-state index contributed by atoms with van der Waals surface area (Å²) in [5.41, 5.74) is 1.27. The summed E-state index contributed by atoms with van der Waals surface area (Å²) in [6.45, 7) is 8.46. The number of benzene rings is 1. The average Bonchev–Trinajstić information content (AvgIpc) is 2.83. The Balaban J connectivity index is 1.77. The molecule has 0 aliphatic heterocycles. The zero-order valence-corrected chi connectivity index (χ0v) is 13.2. The van der Waals surface area contributed by atoms with Gasteiger partial charge in [-0.25, -0.2) is 4.39 Å². The minimum Gasteiger partial charge on any atom is -0.312 e. The first kappa shape index (κ1) is 15.2.